The second-order valence-electron chi connectivity index (χ2n) is 6.10. The van der Waals surface area contributed by atoms with Crippen molar-refractivity contribution in [2.75, 3.05) is 11.4 Å². The van der Waals surface area contributed by atoms with Crippen LogP contribution in [0, 0.1) is 5.82 Å². The van der Waals surface area contributed by atoms with Crippen molar-refractivity contribution in [2.24, 2.45) is 0 Å². The first-order chi connectivity index (χ1) is 12.6. The first kappa shape index (κ1) is 16.2. The van der Waals surface area contributed by atoms with Crippen molar-refractivity contribution in [1.29, 1.82) is 0 Å². The molecular formula is C18H16FN5O2. The van der Waals surface area contributed by atoms with E-state index in [4.69, 9.17) is 0 Å². The first-order valence-corrected chi connectivity index (χ1v) is 8.20. The van der Waals surface area contributed by atoms with Crippen molar-refractivity contribution < 1.29 is 14.3 Å². The number of aromatic nitrogens is 4. The van der Waals surface area contributed by atoms with Gasteiger partial charge in [-0.25, -0.2) is 18.7 Å². The van der Waals surface area contributed by atoms with E-state index in [-0.39, 0.29) is 17.3 Å². The number of hydrogen-bond acceptors (Lipinski definition) is 5. The molecule has 0 bridgehead atoms. The first-order valence-electron chi connectivity index (χ1n) is 8.20. The van der Waals surface area contributed by atoms with Crippen LogP contribution in [0.5, 0.6) is 0 Å². The largest absolute Gasteiger partial charge is 0.477 e. The Labute approximate surface area is 148 Å². The van der Waals surface area contributed by atoms with Crippen LogP contribution in [0.25, 0.3) is 11.7 Å². The average molecular weight is 353 g/mol. The third kappa shape index (κ3) is 2.59. The van der Waals surface area contributed by atoms with Crippen LogP contribution in [0.4, 0.5) is 10.2 Å². The molecule has 3 aromatic heterocycles. The van der Waals surface area contributed by atoms with Gasteiger partial charge in [0.05, 0.1) is 24.1 Å². The highest BCUT2D eigenvalue weighted by atomic mass is 19.1. The van der Waals surface area contributed by atoms with Crippen molar-refractivity contribution >= 4 is 23.5 Å². The summed E-state index contributed by atoms with van der Waals surface area (Å²) in [5, 5.41) is 13.3. The van der Waals surface area contributed by atoms with E-state index in [1.165, 1.54) is 23.0 Å². The Morgan fingerprint density at radius 1 is 1.42 bits per heavy atom. The molecule has 0 spiro atoms. The third-order valence-corrected chi connectivity index (χ3v) is 4.60. The summed E-state index contributed by atoms with van der Waals surface area (Å²) in [6.45, 7) is 4.49. The fourth-order valence-corrected chi connectivity index (χ4v) is 3.44. The highest BCUT2D eigenvalue weighted by Gasteiger charge is 2.30. The number of carboxylic acid groups (broad SMARTS) is 1. The molecule has 4 rings (SSSR count). The average Bonchev–Trinajstić information content (AvgIpc) is 3.28. The van der Waals surface area contributed by atoms with Gasteiger partial charge in [-0.3, -0.25) is 4.98 Å². The smallest absolute Gasteiger partial charge is 0.341 e. The maximum Gasteiger partial charge on any atom is 0.341 e. The van der Waals surface area contributed by atoms with E-state index in [1.807, 2.05) is 4.90 Å². The lowest BCUT2D eigenvalue weighted by Crippen LogP contribution is -2.24. The number of hydrogen-bond donors (Lipinski definition) is 1. The number of carbonyl (C=O) groups is 1. The zero-order valence-electron chi connectivity index (χ0n) is 13.8. The number of anilines is 1. The van der Waals surface area contributed by atoms with E-state index in [0.717, 1.165) is 24.9 Å². The molecule has 132 valence electrons. The zero-order chi connectivity index (χ0) is 18.3. The summed E-state index contributed by atoms with van der Waals surface area (Å²) in [4.78, 5) is 22.0. The molecule has 1 aliphatic heterocycles. The van der Waals surface area contributed by atoms with Crippen molar-refractivity contribution in [3.05, 3.63) is 59.9 Å². The second kappa shape index (κ2) is 6.21. The van der Waals surface area contributed by atoms with Crippen LogP contribution in [0.3, 0.4) is 0 Å². The molecule has 0 radical (unpaired) electrons. The van der Waals surface area contributed by atoms with E-state index < -0.39 is 11.8 Å². The standard InChI is InChI=1S/C18H16FN5O2/c1-2-14-12(8-11(19)9-20-14)15-4-3-6-23(15)16-5-7-24-17(22-16)13(10-21-24)18(25)26/h2,5,7-10,15H,1,3-4,6H2,(H,25,26)/t15-/m0/s1. The number of halogens is 1. The van der Waals surface area contributed by atoms with E-state index in [9.17, 15) is 14.3 Å². The minimum absolute atomic E-state index is 0.0433. The molecule has 0 saturated carbocycles. The second-order valence-corrected chi connectivity index (χ2v) is 6.10. The summed E-state index contributed by atoms with van der Waals surface area (Å²) in [5.74, 6) is -0.849. The molecule has 1 atom stereocenters. The van der Waals surface area contributed by atoms with E-state index in [0.29, 0.717) is 11.5 Å². The number of aromatic carboxylic acids is 1. The number of rotatable bonds is 4. The number of carboxylic acids is 1. The molecule has 0 amide bonds. The molecule has 0 unspecified atom stereocenters. The van der Waals surface area contributed by atoms with Crippen molar-refractivity contribution in [1.82, 2.24) is 19.6 Å². The fourth-order valence-electron chi connectivity index (χ4n) is 3.44. The molecule has 0 aromatic carbocycles. The Bertz CT molecular complexity index is 1020. The molecule has 3 aromatic rings. The summed E-state index contributed by atoms with van der Waals surface area (Å²) in [7, 11) is 0. The maximum absolute atomic E-state index is 13.8. The Kier molecular flexibility index (Phi) is 3.87. The topological polar surface area (TPSA) is 83.6 Å². The summed E-state index contributed by atoms with van der Waals surface area (Å²) >= 11 is 0. The molecule has 8 heteroatoms. The van der Waals surface area contributed by atoms with Crippen molar-refractivity contribution in [3.63, 3.8) is 0 Å². The van der Waals surface area contributed by atoms with Crippen molar-refractivity contribution in [2.45, 2.75) is 18.9 Å². The summed E-state index contributed by atoms with van der Waals surface area (Å²) in [6, 6.07) is 3.16. The highest BCUT2D eigenvalue weighted by molar-refractivity contribution is 5.94. The van der Waals surface area contributed by atoms with Crippen LogP contribution in [0.1, 0.15) is 40.5 Å². The van der Waals surface area contributed by atoms with Gasteiger partial charge >= 0.3 is 5.97 Å². The van der Waals surface area contributed by atoms with Gasteiger partial charge in [0.1, 0.15) is 17.2 Å². The van der Waals surface area contributed by atoms with Gasteiger partial charge in [-0.1, -0.05) is 6.58 Å². The molecule has 26 heavy (non-hydrogen) atoms. The Hall–Kier alpha value is -3.29. The van der Waals surface area contributed by atoms with E-state index >= 15 is 0 Å². The SMILES string of the molecule is C=Cc1ncc(F)cc1[C@@H]1CCCN1c1ccn2ncc(C(=O)O)c2n1. The van der Waals surface area contributed by atoms with Crippen LogP contribution in [0.15, 0.2) is 37.3 Å². The van der Waals surface area contributed by atoms with Gasteiger partial charge < -0.3 is 10.0 Å². The van der Waals surface area contributed by atoms with Crippen molar-refractivity contribution in [3.8, 4) is 0 Å². The molecule has 0 aliphatic carbocycles. The molecular weight excluding hydrogens is 337 g/mol. The molecule has 1 N–H and O–H groups in total. The fraction of sp³-hybridized carbons (Fsp3) is 0.222. The summed E-state index contributed by atoms with van der Waals surface area (Å²) in [6.07, 6.45) is 7.48. The van der Waals surface area contributed by atoms with E-state index in [1.54, 1.807) is 18.3 Å². The number of pyridine rings is 1. The van der Waals surface area contributed by atoms with Gasteiger partial charge in [-0.2, -0.15) is 5.10 Å². The molecule has 1 aliphatic rings. The molecule has 1 saturated heterocycles. The van der Waals surface area contributed by atoms with Crippen LogP contribution in [0.2, 0.25) is 0 Å². The monoisotopic (exact) mass is 353 g/mol. The van der Waals surface area contributed by atoms with Gasteiger partial charge in [0.25, 0.3) is 0 Å². The Morgan fingerprint density at radius 3 is 3.04 bits per heavy atom. The predicted molar refractivity (Wildman–Crippen MR) is 93.6 cm³/mol. The van der Waals surface area contributed by atoms with Gasteiger partial charge in [-0.05, 0) is 31.1 Å². The van der Waals surface area contributed by atoms with E-state index in [2.05, 4.69) is 21.6 Å². The normalized spacial score (nSPS) is 17.0. The van der Waals surface area contributed by atoms with Crippen LogP contribution in [-0.4, -0.2) is 37.2 Å². The minimum Gasteiger partial charge on any atom is -0.477 e. The van der Waals surface area contributed by atoms with Gasteiger partial charge in [0, 0.05) is 18.3 Å². The Morgan fingerprint density at radius 2 is 2.27 bits per heavy atom. The third-order valence-electron chi connectivity index (χ3n) is 4.60. The number of fused-ring (bicyclic) bond motifs is 1. The summed E-state index contributed by atoms with van der Waals surface area (Å²) < 4.78 is 15.2. The lowest BCUT2D eigenvalue weighted by molar-refractivity contribution is 0.0698. The minimum atomic E-state index is -1.08. The predicted octanol–water partition coefficient (Wildman–Crippen LogP) is 2.95. The zero-order valence-corrected chi connectivity index (χ0v) is 13.8. The highest BCUT2D eigenvalue weighted by Crippen LogP contribution is 2.37. The van der Waals surface area contributed by atoms with Crippen LogP contribution >= 0.6 is 0 Å². The van der Waals surface area contributed by atoms with Gasteiger partial charge in [-0.15, -0.1) is 0 Å². The lowest BCUT2D eigenvalue weighted by Gasteiger charge is -2.27. The maximum atomic E-state index is 13.8. The number of nitrogens with zero attached hydrogens (tertiary/aromatic N) is 5. The molecule has 7 nitrogen and oxygen atoms in total. The Balaban J connectivity index is 1.79. The quantitative estimate of drug-likeness (QED) is 0.776. The molecule has 1 fully saturated rings. The van der Waals surface area contributed by atoms with Gasteiger partial charge in [0.15, 0.2) is 5.65 Å². The van der Waals surface area contributed by atoms with Crippen LogP contribution < -0.4 is 4.90 Å². The lowest BCUT2D eigenvalue weighted by atomic mass is 10.0. The van der Waals surface area contributed by atoms with Gasteiger partial charge in [0.2, 0.25) is 0 Å². The summed E-state index contributed by atoms with van der Waals surface area (Å²) in [5.41, 5.74) is 1.72. The van der Waals surface area contributed by atoms with Crippen LogP contribution in [-0.2, 0) is 0 Å². The molecule has 4 heterocycles.